The van der Waals surface area contributed by atoms with Gasteiger partial charge >= 0.3 is 0 Å². The summed E-state index contributed by atoms with van der Waals surface area (Å²) in [5, 5.41) is 7.70. The van der Waals surface area contributed by atoms with Crippen LogP contribution in [0, 0.1) is 5.92 Å². The summed E-state index contributed by atoms with van der Waals surface area (Å²) in [4.78, 5) is 8.51. The van der Waals surface area contributed by atoms with Crippen LogP contribution in [0.25, 0.3) is 5.52 Å². The largest absolute Gasteiger partial charge is 0.347 e. The Morgan fingerprint density at radius 2 is 2.19 bits per heavy atom. The van der Waals surface area contributed by atoms with E-state index in [1.165, 1.54) is 0 Å². The van der Waals surface area contributed by atoms with Crippen molar-refractivity contribution in [2.24, 2.45) is 5.92 Å². The van der Waals surface area contributed by atoms with E-state index >= 15 is 0 Å². The van der Waals surface area contributed by atoms with Crippen LogP contribution < -0.4 is 5.32 Å². The van der Waals surface area contributed by atoms with Crippen LogP contribution in [0.2, 0.25) is 5.15 Å². The number of anilines is 1. The van der Waals surface area contributed by atoms with Crippen molar-refractivity contribution < 1.29 is 12.8 Å². The first-order valence-corrected chi connectivity index (χ1v) is 10.6. The molecule has 26 heavy (non-hydrogen) atoms. The smallest absolute Gasteiger partial charge is 0.241 e. The number of hydrogen-bond acceptors (Lipinski definition) is 6. The normalized spacial score (nSPS) is 22.2. The lowest BCUT2D eigenvalue weighted by molar-refractivity contribution is 0.186. The minimum absolute atomic E-state index is 0.172. The molecule has 1 aliphatic rings. The molecule has 1 aliphatic heterocycles. The Bertz CT molecular complexity index is 903. The molecule has 2 unspecified atom stereocenters. The fourth-order valence-electron chi connectivity index (χ4n) is 2.98. The molecule has 1 saturated heterocycles. The summed E-state index contributed by atoms with van der Waals surface area (Å²) in [5.74, 6) is 1.35. The van der Waals surface area contributed by atoms with Crippen LogP contribution in [0.1, 0.15) is 26.1 Å². The standard InChI is InChI=1S/C15H22ClFN6O2S/c1-9(2)6-13-20-14(16)12-7-18-15(21-23(12)13)19-11-4-5-22(8-10(11)17)26(3,24)25/h7,9-11H,4-6,8H2,1-3H3,(H,19,21). The van der Waals surface area contributed by atoms with E-state index in [2.05, 4.69) is 34.2 Å². The van der Waals surface area contributed by atoms with Crippen molar-refractivity contribution >= 4 is 33.1 Å². The number of piperidine rings is 1. The zero-order valence-electron chi connectivity index (χ0n) is 14.9. The fraction of sp³-hybridized carbons (Fsp3) is 0.667. The Balaban J connectivity index is 1.79. The number of nitrogens with one attached hydrogen (secondary N) is 1. The first-order valence-electron chi connectivity index (χ1n) is 8.41. The highest BCUT2D eigenvalue weighted by Gasteiger charge is 2.33. The highest BCUT2D eigenvalue weighted by Crippen LogP contribution is 2.22. The molecule has 144 valence electrons. The average Bonchev–Trinajstić information content (AvgIpc) is 2.83. The summed E-state index contributed by atoms with van der Waals surface area (Å²) in [6, 6.07) is -0.557. The van der Waals surface area contributed by atoms with E-state index < -0.39 is 22.2 Å². The predicted octanol–water partition coefficient (Wildman–Crippen LogP) is 1.76. The minimum Gasteiger partial charge on any atom is -0.347 e. The molecule has 0 saturated carbocycles. The van der Waals surface area contributed by atoms with Gasteiger partial charge in [0.05, 0.1) is 18.5 Å². The molecule has 1 N–H and O–H groups in total. The van der Waals surface area contributed by atoms with E-state index in [4.69, 9.17) is 11.6 Å². The molecule has 8 nitrogen and oxygen atoms in total. The maximum Gasteiger partial charge on any atom is 0.241 e. The molecule has 1 fully saturated rings. The Kier molecular flexibility index (Phi) is 5.36. The average molecular weight is 405 g/mol. The molecule has 3 heterocycles. The summed E-state index contributed by atoms with van der Waals surface area (Å²) >= 11 is 6.13. The van der Waals surface area contributed by atoms with Gasteiger partial charge in [0, 0.05) is 19.5 Å². The van der Waals surface area contributed by atoms with Gasteiger partial charge in [-0.15, -0.1) is 5.10 Å². The number of fused-ring (bicyclic) bond motifs is 1. The molecule has 0 aromatic carbocycles. The molecule has 0 aliphatic carbocycles. The third kappa shape index (κ3) is 4.07. The summed E-state index contributed by atoms with van der Waals surface area (Å²) in [7, 11) is -3.39. The van der Waals surface area contributed by atoms with Crippen molar-refractivity contribution in [1.29, 1.82) is 0 Å². The second-order valence-corrected chi connectivity index (χ2v) is 9.31. The summed E-state index contributed by atoms with van der Waals surface area (Å²) in [5.41, 5.74) is 0.594. The highest BCUT2D eigenvalue weighted by molar-refractivity contribution is 7.88. The molecule has 2 aromatic heterocycles. The van der Waals surface area contributed by atoms with E-state index in [9.17, 15) is 12.8 Å². The van der Waals surface area contributed by atoms with E-state index in [0.29, 0.717) is 35.3 Å². The van der Waals surface area contributed by atoms with Crippen LogP contribution in [-0.2, 0) is 16.4 Å². The van der Waals surface area contributed by atoms with Gasteiger partial charge in [-0.3, -0.25) is 0 Å². The summed E-state index contributed by atoms with van der Waals surface area (Å²) in [6.07, 6.45) is 2.32. The molecule has 11 heteroatoms. The van der Waals surface area contributed by atoms with Gasteiger partial charge in [-0.25, -0.2) is 27.3 Å². The Morgan fingerprint density at radius 1 is 1.46 bits per heavy atom. The van der Waals surface area contributed by atoms with E-state index in [1.807, 2.05) is 0 Å². The first-order chi connectivity index (χ1) is 12.1. The van der Waals surface area contributed by atoms with Gasteiger partial charge in [0.15, 0.2) is 5.15 Å². The van der Waals surface area contributed by atoms with Crippen LogP contribution >= 0.6 is 11.6 Å². The zero-order chi connectivity index (χ0) is 19.1. The van der Waals surface area contributed by atoms with E-state index in [1.54, 1.807) is 10.7 Å². The number of aromatic nitrogens is 4. The Morgan fingerprint density at radius 3 is 2.81 bits per heavy atom. The number of imidazole rings is 1. The van der Waals surface area contributed by atoms with Crippen molar-refractivity contribution in [3.8, 4) is 0 Å². The van der Waals surface area contributed by atoms with Gasteiger partial charge in [0.1, 0.15) is 17.5 Å². The predicted molar refractivity (Wildman–Crippen MR) is 97.7 cm³/mol. The van der Waals surface area contributed by atoms with Crippen LogP contribution in [0.15, 0.2) is 6.20 Å². The quantitative estimate of drug-likeness (QED) is 0.816. The number of halogens is 2. The molecule has 0 spiro atoms. The second kappa shape index (κ2) is 7.24. The maximum atomic E-state index is 14.4. The first kappa shape index (κ1) is 19.2. The topological polar surface area (TPSA) is 92.5 Å². The number of nitrogens with zero attached hydrogens (tertiary/aromatic N) is 5. The number of rotatable bonds is 5. The van der Waals surface area contributed by atoms with Crippen molar-refractivity contribution in [3.05, 3.63) is 17.2 Å². The van der Waals surface area contributed by atoms with Crippen molar-refractivity contribution in [3.63, 3.8) is 0 Å². The molecule has 0 bridgehead atoms. The third-order valence-electron chi connectivity index (χ3n) is 4.29. The van der Waals surface area contributed by atoms with Crippen molar-refractivity contribution in [2.75, 3.05) is 24.7 Å². The van der Waals surface area contributed by atoms with Crippen LogP contribution in [0.4, 0.5) is 10.3 Å². The molecular formula is C15H22ClFN6O2S. The summed E-state index contributed by atoms with van der Waals surface area (Å²) in [6.45, 7) is 4.22. The highest BCUT2D eigenvalue weighted by atomic mass is 35.5. The second-order valence-electron chi connectivity index (χ2n) is 6.97. The van der Waals surface area contributed by atoms with E-state index in [0.717, 1.165) is 10.6 Å². The molecule has 2 atom stereocenters. The molecule has 2 aromatic rings. The van der Waals surface area contributed by atoms with Gasteiger partial charge in [-0.05, 0) is 12.3 Å². The lowest BCUT2D eigenvalue weighted by atomic mass is 10.1. The molecular weight excluding hydrogens is 383 g/mol. The van der Waals surface area contributed by atoms with Crippen LogP contribution in [0.5, 0.6) is 0 Å². The number of alkyl halides is 1. The van der Waals surface area contributed by atoms with Crippen molar-refractivity contribution in [1.82, 2.24) is 23.9 Å². The van der Waals surface area contributed by atoms with E-state index in [-0.39, 0.29) is 19.0 Å². The molecule has 0 radical (unpaired) electrons. The lowest BCUT2D eigenvalue weighted by Crippen LogP contribution is -2.49. The molecule has 3 rings (SSSR count). The number of hydrogen-bond donors (Lipinski definition) is 1. The van der Waals surface area contributed by atoms with Crippen LogP contribution in [0.3, 0.4) is 0 Å². The van der Waals surface area contributed by atoms with Crippen molar-refractivity contribution in [2.45, 2.75) is 38.9 Å². The Labute approximate surface area is 156 Å². The minimum atomic E-state index is -3.39. The SMILES string of the molecule is CC(C)Cc1nc(Cl)c2cnc(NC3CCN(S(C)(=O)=O)CC3F)nn12. The third-order valence-corrected chi connectivity index (χ3v) is 5.84. The van der Waals surface area contributed by atoms with Gasteiger partial charge in [0.2, 0.25) is 16.0 Å². The summed E-state index contributed by atoms with van der Waals surface area (Å²) < 4.78 is 40.3. The van der Waals surface area contributed by atoms with Crippen LogP contribution in [-0.4, -0.2) is 63.9 Å². The zero-order valence-corrected chi connectivity index (χ0v) is 16.4. The maximum absolute atomic E-state index is 14.4. The molecule has 0 amide bonds. The lowest BCUT2D eigenvalue weighted by Gasteiger charge is -2.33. The van der Waals surface area contributed by atoms with Gasteiger partial charge in [-0.1, -0.05) is 25.4 Å². The van der Waals surface area contributed by atoms with Gasteiger partial charge < -0.3 is 5.32 Å². The number of sulfonamides is 1. The fourth-order valence-corrected chi connectivity index (χ4v) is 4.05. The van der Waals surface area contributed by atoms with Gasteiger partial charge in [0.25, 0.3) is 0 Å². The van der Waals surface area contributed by atoms with Gasteiger partial charge in [-0.2, -0.15) is 4.31 Å². The monoisotopic (exact) mass is 404 g/mol. The Hall–Kier alpha value is -1.52.